The lowest BCUT2D eigenvalue weighted by Crippen LogP contribution is -2.39. The van der Waals surface area contributed by atoms with Crippen molar-refractivity contribution < 1.29 is 9.21 Å². The maximum absolute atomic E-state index is 12.0. The SMILES string of the molecule is C[C@@H](NC(=O)c1ccc(Br)o1)[C@H]1C[C@@H]2CC[C@H]1C2. The minimum absolute atomic E-state index is 0.101. The summed E-state index contributed by atoms with van der Waals surface area (Å²) in [6.45, 7) is 2.13. The monoisotopic (exact) mass is 311 g/mol. The minimum Gasteiger partial charge on any atom is -0.444 e. The van der Waals surface area contributed by atoms with E-state index in [1.165, 1.54) is 25.7 Å². The number of furan rings is 1. The smallest absolute Gasteiger partial charge is 0.287 e. The summed E-state index contributed by atoms with van der Waals surface area (Å²) in [5, 5.41) is 3.08. The molecule has 98 valence electrons. The first-order valence-electron chi connectivity index (χ1n) is 6.69. The molecular formula is C14H18BrNO2. The van der Waals surface area contributed by atoms with Crippen LogP contribution >= 0.6 is 15.9 Å². The molecular weight excluding hydrogens is 294 g/mol. The molecule has 1 amide bonds. The molecule has 1 aromatic rings. The number of amides is 1. The molecule has 2 aliphatic rings. The molecule has 0 aliphatic heterocycles. The highest BCUT2D eigenvalue weighted by atomic mass is 79.9. The lowest BCUT2D eigenvalue weighted by Gasteiger charge is -2.28. The summed E-state index contributed by atoms with van der Waals surface area (Å²) in [4.78, 5) is 12.0. The summed E-state index contributed by atoms with van der Waals surface area (Å²) < 4.78 is 5.87. The van der Waals surface area contributed by atoms with Crippen molar-refractivity contribution in [1.82, 2.24) is 5.32 Å². The molecule has 1 heterocycles. The lowest BCUT2D eigenvalue weighted by molar-refractivity contribution is 0.0886. The molecule has 4 heteroatoms. The number of hydrogen-bond donors (Lipinski definition) is 1. The number of rotatable bonds is 3. The van der Waals surface area contributed by atoms with Gasteiger partial charge in [-0.05, 0) is 72.0 Å². The average molecular weight is 312 g/mol. The highest BCUT2D eigenvalue weighted by Crippen LogP contribution is 2.49. The van der Waals surface area contributed by atoms with Crippen LogP contribution in [-0.4, -0.2) is 11.9 Å². The van der Waals surface area contributed by atoms with Gasteiger partial charge in [-0.3, -0.25) is 4.79 Å². The van der Waals surface area contributed by atoms with Crippen molar-refractivity contribution in [1.29, 1.82) is 0 Å². The molecule has 0 aromatic carbocycles. The second-order valence-electron chi connectivity index (χ2n) is 5.70. The zero-order valence-corrected chi connectivity index (χ0v) is 12.1. The van der Waals surface area contributed by atoms with Crippen LogP contribution in [0.1, 0.15) is 43.2 Å². The van der Waals surface area contributed by atoms with E-state index in [-0.39, 0.29) is 11.9 Å². The van der Waals surface area contributed by atoms with Crippen LogP contribution in [0.15, 0.2) is 21.2 Å². The first-order valence-corrected chi connectivity index (χ1v) is 7.49. The number of fused-ring (bicyclic) bond motifs is 2. The highest BCUT2D eigenvalue weighted by Gasteiger charge is 2.42. The molecule has 3 rings (SSSR count). The van der Waals surface area contributed by atoms with Crippen molar-refractivity contribution in [3.63, 3.8) is 0 Å². The lowest BCUT2D eigenvalue weighted by atomic mass is 9.84. The van der Waals surface area contributed by atoms with Crippen molar-refractivity contribution in [2.75, 3.05) is 0 Å². The molecule has 2 fully saturated rings. The third-order valence-corrected chi connectivity index (χ3v) is 5.02. The summed E-state index contributed by atoms with van der Waals surface area (Å²) in [6, 6.07) is 3.70. The molecule has 1 N–H and O–H groups in total. The van der Waals surface area contributed by atoms with E-state index in [4.69, 9.17) is 4.42 Å². The number of halogens is 1. The van der Waals surface area contributed by atoms with Crippen molar-refractivity contribution in [3.8, 4) is 0 Å². The first-order chi connectivity index (χ1) is 8.63. The molecule has 0 saturated heterocycles. The molecule has 1 aromatic heterocycles. The van der Waals surface area contributed by atoms with E-state index in [0.29, 0.717) is 16.3 Å². The Labute approximate surface area is 115 Å². The van der Waals surface area contributed by atoms with Crippen LogP contribution in [0.25, 0.3) is 0 Å². The Bertz CT molecular complexity index is 456. The molecule has 2 aliphatic carbocycles. The molecule has 4 atom stereocenters. The van der Waals surface area contributed by atoms with Gasteiger partial charge in [-0.15, -0.1) is 0 Å². The van der Waals surface area contributed by atoms with E-state index < -0.39 is 0 Å². The molecule has 0 radical (unpaired) electrons. The summed E-state index contributed by atoms with van der Waals surface area (Å²) in [6.07, 6.45) is 5.40. The van der Waals surface area contributed by atoms with Crippen LogP contribution in [0.4, 0.5) is 0 Å². The van der Waals surface area contributed by atoms with Crippen molar-refractivity contribution in [3.05, 3.63) is 22.6 Å². The fourth-order valence-corrected chi connectivity index (χ4v) is 4.03. The van der Waals surface area contributed by atoms with E-state index in [1.807, 2.05) is 0 Å². The van der Waals surface area contributed by atoms with Gasteiger partial charge in [0.15, 0.2) is 10.4 Å². The molecule has 3 nitrogen and oxygen atoms in total. The zero-order valence-electron chi connectivity index (χ0n) is 10.5. The van der Waals surface area contributed by atoms with Crippen LogP contribution < -0.4 is 5.32 Å². The molecule has 18 heavy (non-hydrogen) atoms. The largest absolute Gasteiger partial charge is 0.444 e. The predicted molar refractivity (Wildman–Crippen MR) is 72.3 cm³/mol. The second kappa shape index (κ2) is 4.72. The van der Waals surface area contributed by atoms with Gasteiger partial charge in [0.25, 0.3) is 5.91 Å². The molecule has 2 bridgehead atoms. The average Bonchev–Trinajstić information content (AvgIpc) is 3.03. The van der Waals surface area contributed by atoms with E-state index in [9.17, 15) is 4.79 Å². The van der Waals surface area contributed by atoms with Crippen molar-refractivity contribution in [2.45, 2.75) is 38.6 Å². The van der Waals surface area contributed by atoms with Gasteiger partial charge in [-0.25, -0.2) is 0 Å². The number of nitrogens with one attached hydrogen (secondary N) is 1. The standard InChI is InChI=1S/C14H18BrNO2/c1-8(11-7-9-2-3-10(11)6-9)16-14(17)12-4-5-13(15)18-12/h4-5,8-11H,2-3,6-7H2,1H3,(H,16,17)/t8-,9-,10+,11-/m1/s1. The fraction of sp³-hybridized carbons (Fsp3) is 0.643. The summed E-state index contributed by atoms with van der Waals surface area (Å²) in [5.74, 6) is 2.68. The number of hydrogen-bond acceptors (Lipinski definition) is 2. The predicted octanol–water partition coefficient (Wildman–Crippen LogP) is 3.60. The Kier molecular flexibility index (Phi) is 3.22. The van der Waals surface area contributed by atoms with Gasteiger partial charge in [0, 0.05) is 6.04 Å². The fourth-order valence-electron chi connectivity index (χ4n) is 3.73. The second-order valence-corrected chi connectivity index (χ2v) is 6.49. The molecule has 2 saturated carbocycles. The van der Waals surface area contributed by atoms with Crippen LogP contribution in [0.5, 0.6) is 0 Å². The minimum atomic E-state index is -0.101. The van der Waals surface area contributed by atoms with Gasteiger partial charge in [0.2, 0.25) is 0 Å². The van der Waals surface area contributed by atoms with Crippen LogP contribution in [-0.2, 0) is 0 Å². The number of carbonyl (C=O) groups is 1. The molecule has 0 spiro atoms. The van der Waals surface area contributed by atoms with Gasteiger partial charge in [-0.2, -0.15) is 0 Å². The van der Waals surface area contributed by atoms with Gasteiger partial charge in [0.1, 0.15) is 0 Å². The number of carbonyl (C=O) groups excluding carboxylic acids is 1. The Balaban J connectivity index is 1.61. The van der Waals surface area contributed by atoms with Gasteiger partial charge in [0.05, 0.1) is 0 Å². The van der Waals surface area contributed by atoms with Crippen molar-refractivity contribution >= 4 is 21.8 Å². The Morgan fingerprint density at radius 3 is 2.83 bits per heavy atom. The Hall–Kier alpha value is -0.770. The van der Waals surface area contributed by atoms with E-state index in [0.717, 1.165) is 11.8 Å². The zero-order chi connectivity index (χ0) is 12.7. The van der Waals surface area contributed by atoms with Gasteiger partial charge < -0.3 is 9.73 Å². The third kappa shape index (κ3) is 2.22. The summed E-state index contributed by atoms with van der Waals surface area (Å²) >= 11 is 3.21. The van der Waals surface area contributed by atoms with Crippen molar-refractivity contribution in [2.24, 2.45) is 17.8 Å². The molecule has 0 unspecified atom stereocenters. The van der Waals surface area contributed by atoms with Crippen LogP contribution in [0.2, 0.25) is 0 Å². The Morgan fingerprint density at radius 1 is 1.44 bits per heavy atom. The van der Waals surface area contributed by atoms with Gasteiger partial charge in [-0.1, -0.05) is 6.42 Å². The van der Waals surface area contributed by atoms with E-state index in [2.05, 4.69) is 28.2 Å². The normalized spacial score (nSPS) is 31.6. The highest BCUT2D eigenvalue weighted by molar-refractivity contribution is 9.10. The maximum atomic E-state index is 12.0. The maximum Gasteiger partial charge on any atom is 0.287 e. The van der Waals surface area contributed by atoms with E-state index >= 15 is 0 Å². The first kappa shape index (κ1) is 12.3. The van der Waals surface area contributed by atoms with Crippen LogP contribution in [0, 0.1) is 17.8 Å². The van der Waals surface area contributed by atoms with E-state index in [1.54, 1.807) is 12.1 Å². The summed E-state index contributed by atoms with van der Waals surface area (Å²) in [7, 11) is 0. The quantitative estimate of drug-likeness (QED) is 0.926. The topological polar surface area (TPSA) is 42.2 Å². The third-order valence-electron chi connectivity index (χ3n) is 4.59. The Morgan fingerprint density at radius 2 is 2.28 bits per heavy atom. The van der Waals surface area contributed by atoms with Crippen LogP contribution in [0.3, 0.4) is 0 Å². The van der Waals surface area contributed by atoms with Gasteiger partial charge >= 0.3 is 0 Å². The summed E-state index contributed by atoms with van der Waals surface area (Å²) in [5.41, 5.74) is 0.